The Morgan fingerprint density at radius 3 is 2.64 bits per heavy atom. The molecule has 2 atom stereocenters. The fourth-order valence-electron chi connectivity index (χ4n) is 4.99. The summed E-state index contributed by atoms with van der Waals surface area (Å²) in [6, 6.07) is 6.94. The molecule has 12 nitrogen and oxygen atoms in total. The third-order valence-corrected chi connectivity index (χ3v) is 6.70. The van der Waals surface area contributed by atoms with Crippen molar-refractivity contribution in [1.82, 2.24) is 34.6 Å². The lowest BCUT2D eigenvalue weighted by Crippen LogP contribution is -2.48. The van der Waals surface area contributed by atoms with Crippen molar-refractivity contribution in [3.05, 3.63) is 48.7 Å². The summed E-state index contributed by atoms with van der Waals surface area (Å²) < 4.78 is 1.68. The first-order valence-corrected chi connectivity index (χ1v) is 11.8. The molecule has 4 aromatic rings. The van der Waals surface area contributed by atoms with E-state index in [2.05, 4.69) is 20.2 Å². The highest BCUT2D eigenvalue weighted by atomic mass is 16.4. The summed E-state index contributed by atoms with van der Waals surface area (Å²) in [5, 5.41) is 28.5. The second-order valence-electron chi connectivity index (χ2n) is 9.41. The zero-order valence-electron chi connectivity index (χ0n) is 19.8. The minimum Gasteiger partial charge on any atom is -0.508 e. The molecule has 3 N–H and O–H groups in total. The van der Waals surface area contributed by atoms with Crippen LogP contribution in [0.5, 0.6) is 5.75 Å². The van der Waals surface area contributed by atoms with Gasteiger partial charge in [-0.2, -0.15) is 0 Å². The van der Waals surface area contributed by atoms with Crippen LogP contribution in [0.3, 0.4) is 0 Å². The van der Waals surface area contributed by atoms with E-state index >= 15 is 0 Å². The van der Waals surface area contributed by atoms with Crippen LogP contribution in [0.25, 0.3) is 16.7 Å². The first kappa shape index (κ1) is 22.0. The monoisotopic (exact) mass is 487 g/mol. The first-order valence-electron chi connectivity index (χ1n) is 11.8. The topological polar surface area (TPSA) is 145 Å². The maximum atomic E-state index is 11.5. The molecule has 5 heterocycles. The van der Waals surface area contributed by atoms with Gasteiger partial charge in [0.25, 0.3) is 0 Å². The van der Waals surface area contributed by atoms with Crippen LogP contribution < -0.4 is 10.2 Å². The van der Waals surface area contributed by atoms with Crippen molar-refractivity contribution in [3.63, 3.8) is 0 Å². The molecule has 0 radical (unpaired) electrons. The summed E-state index contributed by atoms with van der Waals surface area (Å²) in [7, 11) is 0. The highest BCUT2D eigenvalue weighted by Gasteiger charge is 2.46. The van der Waals surface area contributed by atoms with Crippen molar-refractivity contribution in [2.75, 3.05) is 23.3 Å². The van der Waals surface area contributed by atoms with Gasteiger partial charge in [0.05, 0.1) is 23.8 Å². The van der Waals surface area contributed by atoms with Gasteiger partial charge in [-0.05, 0) is 18.6 Å². The molecule has 36 heavy (non-hydrogen) atoms. The van der Waals surface area contributed by atoms with Gasteiger partial charge in [-0.3, -0.25) is 4.98 Å². The average Bonchev–Trinajstić information content (AvgIpc) is 3.57. The van der Waals surface area contributed by atoms with Crippen LogP contribution in [0.1, 0.15) is 32.0 Å². The van der Waals surface area contributed by atoms with Crippen LogP contribution in [-0.4, -0.2) is 76.1 Å². The van der Waals surface area contributed by atoms with Gasteiger partial charge in [0.1, 0.15) is 23.2 Å². The fraction of sp³-hybridized carbons (Fsp3) is 0.333. The van der Waals surface area contributed by atoms with Crippen LogP contribution in [0.15, 0.2) is 42.9 Å². The summed E-state index contributed by atoms with van der Waals surface area (Å²) >= 11 is 0. The number of aromatic hydroxyl groups is 1. The van der Waals surface area contributed by atoms with E-state index < -0.39 is 6.09 Å². The molecule has 0 spiro atoms. The smallest absolute Gasteiger partial charge is 0.407 e. The average molecular weight is 488 g/mol. The van der Waals surface area contributed by atoms with E-state index in [1.54, 1.807) is 41.5 Å². The van der Waals surface area contributed by atoms with Crippen LogP contribution >= 0.6 is 0 Å². The van der Waals surface area contributed by atoms with Crippen LogP contribution in [0.4, 0.5) is 22.2 Å². The molecule has 2 saturated heterocycles. The molecule has 2 aliphatic rings. The summed E-state index contributed by atoms with van der Waals surface area (Å²) in [5.74, 6) is 3.23. The van der Waals surface area contributed by atoms with E-state index in [0.29, 0.717) is 41.9 Å². The molecule has 6 rings (SSSR count). The number of likely N-dealkylation sites (tertiary alicyclic amines) is 1. The summed E-state index contributed by atoms with van der Waals surface area (Å²) in [5.41, 5.74) is 0.667. The minimum atomic E-state index is -0.876. The lowest BCUT2D eigenvalue weighted by Gasteiger charge is -2.33. The van der Waals surface area contributed by atoms with Crippen LogP contribution in [-0.2, 0) is 0 Å². The van der Waals surface area contributed by atoms with E-state index in [1.165, 1.54) is 4.90 Å². The van der Waals surface area contributed by atoms with Gasteiger partial charge in [0, 0.05) is 48.9 Å². The predicted octanol–water partition coefficient (Wildman–Crippen LogP) is 3.12. The van der Waals surface area contributed by atoms with Gasteiger partial charge in [0.15, 0.2) is 11.6 Å². The van der Waals surface area contributed by atoms with Crippen molar-refractivity contribution in [2.24, 2.45) is 0 Å². The Labute approximate surface area is 206 Å². The molecule has 0 unspecified atom stereocenters. The number of carboxylic acid groups (broad SMARTS) is 1. The molecular weight excluding hydrogens is 462 g/mol. The Hall–Kier alpha value is -4.48. The number of piperazine rings is 1. The molecule has 12 heteroatoms. The summed E-state index contributed by atoms with van der Waals surface area (Å²) in [6.45, 7) is 5.10. The number of amides is 1. The molecule has 184 valence electrons. The number of nitrogens with one attached hydrogen (secondary N) is 1. The van der Waals surface area contributed by atoms with Gasteiger partial charge < -0.3 is 25.3 Å². The normalized spacial score (nSPS) is 19.0. The number of rotatable bonds is 5. The van der Waals surface area contributed by atoms with Crippen molar-refractivity contribution in [2.45, 2.75) is 38.3 Å². The molecule has 1 aromatic carbocycles. The van der Waals surface area contributed by atoms with Crippen LogP contribution in [0, 0.1) is 0 Å². The number of carbonyl (C=O) groups is 1. The van der Waals surface area contributed by atoms with Gasteiger partial charge >= 0.3 is 6.09 Å². The lowest BCUT2D eigenvalue weighted by molar-refractivity contribution is 0.137. The zero-order chi connectivity index (χ0) is 25.0. The highest BCUT2D eigenvalue weighted by molar-refractivity contribution is 5.93. The van der Waals surface area contributed by atoms with E-state index in [9.17, 15) is 15.0 Å². The number of hydrogen-bond acceptors (Lipinski definition) is 9. The molecule has 2 aliphatic heterocycles. The Morgan fingerprint density at radius 2 is 1.94 bits per heavy atom. The quantitative estimate of drug-likeness (QED) is 0.384. The molecule has 1 amide bonds. The van der Waals surface area contributed by atoms with Gasteiger partial charge in [-0.1, -0.05) is 13.8 Å². The lowest BCUT2D eigenvalue weighted by atomic mass is 10.2. The van der Waals surface area contributed by atoms with Gasteiger partial charge in [-0.25, -0.2) is 24.4 Å². The summed E-state index contributed by atoms with van der Waals surface area (Å²) in [4.78, 5) is 33.2. The van der Waals surface area contributed by atoms with E-state index in [4.69, 9.17) is 15.1 Å². The number of nitrogens with zero attached hydrogens (tertiary/aromatic N) is 8. The number of benzene rings is 1. The highest BCUT2D eigenvalue weighted by Crippen LogP contribution is 2.36. The van der Waals surface area contributed by atoms with Crippen molar-refractivity contribution in [3.8, 4) is 11.6 Å². The molecule has 2 bridgehead atoms. The predicted molar refractivity (Wildman–Crippen MR) is 132 cm³/mol. The number of fused-ring (bicyclic) bond motifs is 3. The zero-order valence-corrected chi connectivity index (χ0v) is 19.8. The maximum Gasteiger partial charge on any atom is 0.407 e. The van der Waals surface area contributed by atoms with Gasteiger partial charge in [0.2, 0.25) is 0 Å². The summed E-state index contributed by atoms with van der Waals surface area (Å²) in [6.07, 6.45) is 4.70. The number of anilines is 3. The third kappa shape index (κ3) is 3.70. The van der Waals surface area contributed by atoms with E-state index in [-0.39, 0.29) is 23.8 Å². The number of aromatic nitrogens is 6. The first-order chi connectivity index (χ1) is 17.4. The standard InChI is InChI=1S/C24H25N9O3/c1-13(2)22-28-20(31-11-15-7-14(31)12-32(15)24(35)36)9-21(29-22)33-18-8-16(34)3-4-17(18)23(30-33)27-19-10-25-5-6-26-19/h3-6,8-10,13-15,34H,7,11-12H2,1-2H3,(H,35,36)(H,26,27,30)/t14-,15-/m0/s1. The molecular formula is C24H25N9O3. The third-order valence-electron chi connectivity index (χ3n) is 6.70. The van der Waals surface area contributed by atoms with E-state index in [0.717, 1.165) is 17.6 Å². The van der Waals surface area contributed by atoms with Crippen molar-refractivity contribution in [1.29, 1.82) is 0 Å². The fourth-order valence-corrected chi connectivity index (χ4v) is 4.99. The molecule has 0 saturated carbocycles. The van der Waals surface area contributed by atoms with Gasteiger partial charge in [-0.15, -0.1) is 5.10 Å². The largest absolute Gasteiger partial charge is 0.508 e. The minimum absolute atomic E-state index is 0.0429. The molecule has 3 aromatic heterocycles. The molecule has 2 fully saturated rings. The SMILES string of the molecule is CC(C)c1nc(N2C[C@@H]3C[C@H]2CN3C(=O)O)cc(-n2nc(Nc3cnccn3)c3ccc(O)cc32)n1. The Kier molecular flexibility index (Phi) is 5.09. The van der Waals surface area contributed by atoms with Crippen molar-refractivity contribution < 1.29 is 15.0 Å². The maximum absolute atomic E-state index is 11.5. The van der Waals surface area contributed by atoms with E-state index in [1.807, 2.05) is 19.9 Å². The van der Waals surface area contributed by atoms with Crippen LogP contribution in [0.2, 0.25) is 0 Å². The number of hydrogen-bond donors (Lipinski definition) is 3. The molecule has 0 aliphatic carbocycles. The number of phenolic OH excluding ortho intramolecular Hbond substituents is 1. The Morgan fingerprint density at radius 1 is 1.11 bits per heavy atom. The Bertz CT molecular complexity index is 1460. The number of phenols is 1. The van der Waals surface area contributed by atoms with Crippen molar-refractivity contribution >= 4 is 34.4 Å². The Balaban J connectivity index is 1.44. The second kappa shape index (κ2) is 8.33. The second-order valence-corrected chi connectivity index (χ2v) is 9.41.